The Morgan fingerprint density at radius 2 is 1.43 bits per heavy atom. The second-order valence-corrected chi connectivity index (χ2v) is 11.7. The van der Waals surface area contributed by atoms with Crippen LogP contribution in [0.5, 0.6) is 0 Å². The van der Waals surface area contributed by atoms with Gasteiger partial charge < -0.3 is 19.2 Å². The molecule has 35 heavy (non-hydrogen) atoms. The predicted molar refractivity (Wildman–Crippen MR) is 141 cm³/mol. The van der Waals surface area contributed by atoms with E-state index in [0.29, 0.717) is 11.0 Å². The zero-order valence-corrected chi connectivity index (χ0v) is 23.7. The van der Waals surface area contributed by atoms with E-state index < -0.39 is 33.1 Å². The molecule has 0 saturated heterocycles. The molecular weight excluding hydrogens is 469 g/mol. The molecule has 208 valence electrons. The van der Waals surface area contributed by atoms with Gasteiger partial charge in [0.1, 0.15) is 19.3 Å². The van der Waals surface area contributed by atoms with Crippen LogP contribution in [0.15, 0.2) is 12.2 Å². The molecule has 0 bridgehead atoms. The number of carbonyl (C=O) groups is 1. The zero-order chi connectivity index (χ0) is 26.4. The fourth-order valence-electron chi connectivity index (χ4n) is 3.35. The molecule has 8 nitrogen and oxygen atoms in total. The highest BCUT2D eigenvalue weighted by atomic mass is 31.2. The maximum Gasteiger partial charge on any atom is 0.472 e. The number of hydrogen-bond acceptors (Lipinski definition) is 6. The van der Waals surface area contributed by atoms with Gasteiger partial charge in [-0.3, -0.25) is 13.8 Å². The van der Waals surface area contributed by atoms with Crippen LogP contribution in [0.4, 0.5) is 0 Å². The van der Waals surface area contributed by atoms with Gasteiger partial charge in [-0.25, -0.2) is 4.57 Å². The lowest BCUT2D eigenvalue weighted by Gasteiger charge is -2.24. The number of rotatable bonds is 24. The van der Waals surface area contributed by atoms with Crippen molar-refractivity contribution in [2.45, 2.75) is 103 Å². The van der Waals surface area contributed by atoms with Gasteiger partial charge in [0.25, 0.3) is 0 Å². The second-order valence-electron chi connectivity index (χ2n) is 10.2. The van der Waals surface area contributed by atoms with Crippen LogP contribution in [-0.4, -0.2) is 74.1 Å². The van der Waals surface area contributed by atoms with Crippen molar-refractivity contribution in [3.63, 3.8) is 0 Å². The molecule has 2 N–H and O–H groups in total. The molecule has 0 spiro atoms. The van der Waals surface area contributed by atoms with Crippen LogP contribution in [0.1, 0.15) is 96.8 Å². The summed E-state index contributed by atoms with van der Waals surface area (Å²) in [5.74, 6) is -0.441. The summed E-state index contributed by atoms with van der Waals surface area (Å²) in [6.45, 7) is 1.94. The largest absolute Gasteiger partial charge is 0.472 e. The highest BCUT2D eigenvalue weighted by Gasteiger charge is 2.25. The maximum atomic E-state index is 12.0. The third-order valence-electron chi connectivity index (χ3n) is 5.58. The molecular formula is C26H53NO7P+. The molecule has 0 aromatic heterocycles. The summed E-state index contributed by atoms with van der Waals surface area (Å²) in [7, 11) is 1.54. The van der Waals surface area contributed by atoms with Gasteiger partial charge in [-0.05, 0) is 32.1 Å². The van der Waals surface area contributed by atoms with Gasteiger partial charge in [0.2, 0.25) is 0 Å². The number of esters is 1. The summed E-state index contributed by atoms with van der Waals surface area (Å²) in [5.41, 5.74) is 0. The van der Waals surface area contributed by atoms with Gasteiger partial charge in [0.05, 0.1) is 34.4 Å². The Hall–Kier alpha value is -0.760. The SMILES string of the molecule is CCCCCCCC/C=C/CCCCCCCC(=O)OC(CO)COP(=O)(O)OCC[N+](C)(C)C. The van der Waals surface area contributed by atoms with E-state index >= 15 is 0 Å². The van der Waals surface area contributed by atoms with E-state index in [4.69, 9.17) is 13.8 Å². The molecule has 0 aliphatic rings. The van der Waals surface area contributed by atoms with E-state index in [9.17, 15) is 19.4 Å². The average molecular weight is 523 g/mol. The van der Waals surface area contributed by atoms with Gasteiger partial charge in [-0.15, -0.1) is 0 Å². The first kappa shape index (κ1) is 34.2. The number of quaternary nitrogens is 1. The van der Waals surface area contributed by atoms with Crippen LogP contribution in [0.25, 0.3) is 0 Å². The summed E-state index contributed by atoms with van der Waals surface area (Å²) < 4.78 is 27.4. The van der Waals surface area contributed by atoms with Crippen molar-refractivity contribution in [1.29, 1.82) is 0 Å². The lowest BCUT2D eigenvalue weighted by atomic mass is 10.1. The Bertz CT molecular complexity index is 593. The Morgan fingerprint density at radius 1 is 0.886 bits per heavy atom. The third-order valence-corrected chi connectivity index (χ3v) is 6.57. The van der Waals surface area contributed by atoms with Crippen LogP contribution in [0, 0.1) is 0 Å². The molecule has 0 amide bonds. The molecule has 2 atom stereocenters. The van der Waals surface area contributed by atoms with Crippen LogP contribution >= 0.6 is 7.82 Å². The Balaban J connectivity index is 3.75. The molecule has 0 rings (SSSR count). The third kappa shape index (κ3) is 24.7. The number of phosphoric acid groups is 1. The van der Waals surface area contributed by atoms with E-state index in [2.05, 4.69) is 19.1 Å². The van der Waals surface area contributed by atoms with Gasteiger partial charge in [0.15, 0.2) is 0 Å². The number of aliphatic hydroxyl groups is 1. The molecule has 2 unspecified atom stereocenters. The van der Waals surface area contributed by atoms with Crippen molar-refractivity contribution in [3.8, 4) is 0 Å². The molecule has 0 aliphatic heterocycles. The lowest BCUT2D eigenvalue weighted by molar-refractivity contribution is -0.870. The van der Waals surface area contributed by atoms with E-state index in [1.54, 1.807) is 0 Å². The number of allylic oxidation sites excluding steroid dienone is 2. The summed E-state index contributed by atoms with van der Waals surface area (Å²) in [5, 5.41) is 9.38. The fourth-order valence-corrected chi connectivity index (χ4v) is 4.10. The van der Waals surface area contributed by atoms with Crippen LogP contribution in [-0.2, 0) is 23.1 Å². The fraction of sp³-hybridized carbons (Fsp3) is 0.885. The lowest BCUT2D eigenvalue weighted by Crippen LogP contribution is -2.37. The van der Waals surface area contributed by atoms with Crippen molar-refractivity contribution < 1.29 is 37.6 Å². The molecule has 0 heterocycles. The molecule has 9 heteroatoms. The number of hydrogen-bond donors (Lipinski definition) is 2. The van der Waals surface area contributed by atoms with Crippen molar-refractivity contribution >= 4 is 13.8 Å². The van der Waals surface area contributed by atoms with Crippen LogP contribution < -0.4 is 0 Å². The first-order chi connectivity index (χ1) is 16.6. The van der Waals surface area contributed by atoms with Crippen molar-refractivity contribution in [3.05, 3.63) is 12.2 Å². The van der Waals surface area contributed by atoms with Gasteiger partial charge in [-0.1, -0.05) is 70.4 Å². The summed E-state index contributed by atoms with van der Waals surface area (Å²) in [4.78, 5) is 21.7. The Morgan fingerprint density at radius 3 is 1.97 bits per heavy atom. The van der Waals surface area contributed by atoms with Gasteiger partial charge >= 0.3 is 13.8 Å². The van der Waals surface area contributed by atoms with E-state index in [-0.39, 0.29) is 13.0 Å². The quantitative estimate of drug-likeness (QED) is 0.0546. The number of phosphoric ester groups is 1. The molecule has 0 radical (unpaired) electrons. The van der Waals surface area contributed by atoms with Gasteiger partial charge in [0, 0.05) is 6.42 Å². The predicted octanol–water partition coefficient (Wildman–Crippen LogP) is 5.77. The molecule has 0 saturated carbocycles. The number of carbonyl (C=O) groups excluding carboxylic acids is 1. The van der Waals surface area contributed by atoms with Crippen molar-refractivity contribution in [2.24, 2.45) is 0 Å². The molecule has 0 aromatic carbocycles. The molecule has 0 aromatic rings. The maximum absolute atomic E-state index is 12.0. The number of nitrogens with zero attached hydrogens (tertiary/aromatic N) is 1. The zero-order valence-electron chi connectivity index (χ0n) is 22.8. The average Bonchev–Trinajstić information content (AvgIpc) is 2.78. The van der Waals surface area contributed by atoms with Crippen molar-refractivity contribution in [2.75, 3.05) is 47.5 Å². The highest BCUT2D eigenvalue weighted by molar-refractivity contribution is 7.47. The highest BCUT2D eigenvalue weighted by Crippen LogP contribution is 2.43. The first-order valence-electron chi connectivity index (χ1n) is 13.5. The minimum absolute atomic E-state index is 0.0519. The smallest absolute Gasteiger partial charge is 0.457 e. The topological polar surface area (TPSA) is 102 Å². The second kappa shape index (κ2) is 21.3. The normalized spacial score (nSPS) is 14.8. The van der Waals surface area contributed by atoms with Crippen LogP contribution in [0.3, 0.4) is 0 Å². The van der Waals surface area contributed by atoms with E-state index in [0.717, 1.165) is 32.1 Å². The van der Waals surface area contributed by atoms with Crippen molar-refractivity contribution in [1.82, 2.24) is 0 Å². The monoisotopic (exact) mass is 522 g/mol. The van der Waals surface area contributed by atoms with E-state index in [1.165, 1.54) is 51.4 Å². The number of ether oxygens (including phenoxy) is 1. The number of likely N-dealkylation sites (N-methyl/N-ethyl adjacent to an activating group) is 1. The standard InChI is InChI=1S/C26H52NO7P/c1-5-6-7-8-9-10-11-12-13-14-15-16-17-18-19-20-26(29)34-25(23-28)24-33-35(30,31)32-22-21-27(2,3)4/h12-13,25,28H,5-11,14-24H2,1-4H3/p+1/b13-12+. The minimum atomic E-state index is -4.26. The Labute approximate surface area is 214 Å². The summed E-state index contributed by atoms with van der Waals surface area (Å²) in [6.07, 6.45) is 19.2. The van der Waals surface area contributed by atoms with Crippen LogP contribution in [0.2, 0.25) is 0 Å². The summed E-state index contributed by atoms with van der Waals surface area (Å²) in [6, 6.07) is 0. The minimum Gasteiger partial charge on any atom is -0.457 e. The summed E-state index contributed by atoms with van der Waals surface area (Å²) >= 11 is 0. The number of unbranched alkanes of at least 4 members (excludes halogenated alkanes) is 11. The van der Waals surface area contributed by atoms with E-state index in [1.807, 2.05) is 21.1 Å². The number of aliphatic hydroxyl groups excluding tert-OH is 1. The van der Waals surface area contributed by atoms with Gasteiger partial charge in [-0.2, -0.15) is 0 Å². The first-order valence-corrected chi connectivity index (χ1v) is 15.0. The Kier molecular flexibility index (Phi) is 20.9. The molecule has 0 aliphatic carbocycles. The molecule has 0 fully saturated rings.